The summed E-state index contributed by atoms with van der Waals surface area (Å²) in [4.78, 5) is 8.53. The number of hydrogen-bond donors (Lipinski definition) is 1. The van der Waals surface area contributed by atoms with Crippen molar-refractivity contribution in [3.63, 3.8) is 0 Å². The van der Waals surface area contributed by atoms with E-state index in [1.807, 2.05) is 11.9 Å². The average Bonchev–Trinajstić information content (AvgIpc) is 2.45. The minimum atomic E-state index is -0.207. The highest BCUT2D eigenvalue weighted by molar-refractivity contribution is 14.0. The molecule has 120 valence electrons. The smallest absolute Gasteiger partial charge is 0.193 e. The average molecular weight is 408 g/mol. The number of likely N-dealkylation sites (N-methyl/N-ethyl adjacent to an activating group) is 1. The highest BCUT2D eigenvalue weighted by Crippen LogP contribution is 2.05. The Bertz CT molecular complexity index is 422. The lowest BCUT2D eigenvalue weighted by atomic mass is 10.2. The number of benzene rings is 1. The van der Waals surface area contributed by atoms with E-state index < -0.39 is 0 Å². The van der Waals surface area contributed by atoms with Crippen LogP contribution in [0.2, 0.25) is 0 Å². The van der Waals surface area contributed by atoms with Gasteiger partial charge in [-0.1, -0.05) is 19.1 Å². The number of nitrogens with one attached hydrogen (secondary N) is 1. The van der Waals surface area contributed by atoms with E-state index in [0.29, 0.717) is 6.54 Å². The van der Waals surface area contributed by atoms with Crippen LogP contribution in [0.3, 0.4) is 0 Å². The third-order valence-corrected chi connectivity index (χ3v) is 3.22. The van der Waals surface area contributed by atoms with Gasteiger partial charge >= 0.3 is 0 Å². The molecule has 0 aliphatic heterocycles. The molecule has 0 heterocycles. The zero-order valence-electron chi connectivity index (χ0n) is 13.3. The number of halogens is 2. The van der Waals surface area contributed by atoms with E-state index in [1.54, 1.807) is 19.2 Å². The summed E-state index contributed by atoms with van der Waals surface area (Å²) in [6.45, 7) is 5.69. The van der Waals surface area contributed by atoms with Crippen molar-refractivity contribution in [2.75, 3.05) is 40.8 Å². The van der Waals surface area contributed by atoms with Crippen LogP contribution in [0.15, 0.2) is 29.3 Å². The summed E-state index contributed by atoms with van der Waals surface area (Å²) in [5.74, 6) is 0.639. The van der Waals surface area contributed by atoms with E-state index in [2.05, 4.69) is 29.2 Å². The van der Waals surface area contributed by atoms with Crippen LogP contribution in [0.25, 0.3) is 0 Å². The molecule has 1 aromatic rings. The fourth-order valence-corrected chi connectivity index (χ4v) is 1.84. The molecular weight excluding hydrogens is 382 g/mol. The number of rotatable bonds is 6. The Hall–Kier alpha value is -0.890. The molecule has 0 bridgehead atoms. The van der Waals surface area contributed by atoms with Gasteiger partial charge in [0.2, 0.25) is 0 Å². The Kier molecular flexibility index (Phi) is 10.3. The molecule has 0 spiro atoms. The van der Waals surface area contributed by atoms with Gasteiger partial charge in [-0.2, -0.15) is 0 Å². The van der Waals surface area contributed by atoms with Gasteiger partial charge in [0.05, 0.1) is 0 Å². The molecule has 0 fully saturated rings. The van der Waals surface area contributed by atoms with Crippen LogP contribution in [-0.4, -0.2) is 56.5 Å². The van der Waals surface area contributed by atoms with Crippen molar-refractivity contribution >= 4 is 29.9 Å². The predicted molar refractivity (Wildman–Crippen MR) is 97.8 cm³/mol. The molecule has 0 aliphatic rings. The van der Waals surface area contributed by atoms with Crippen LogP contribution in [0.4, 0.5) is 4.39 Å². The van der Waals surface area contributed by atoms with E-state index in [0.717, 1.165) is 31.2 Å². The van der Waals surface area contributed by atoms with Crippen molar-refractivity contribution in [2.24, 2.45) is 4.99 Å². The highest BCUT2D eigenvalue weighted by Gasteiger charge is 2.06. The van der Waals surface area contributed by atoms with Gasteiger partial charge in [0.1, 0.15) is 5.82 Å². The summed E-state index contributed by atoms with van der Waals surface area (Å²) >= 11 is 0. The zero-order valence-corrected chi connectivity index (χ0v) is 15.6. The summed E-state index contributed by atoms with van der Waals surface area (Å²) in [6, 6.07) is 6.55. The first-order valence-electron chi connectivity index (χ1n) is 6.91. The van der Waals surface area contributed by atoms with Gasteiger partial charge in [-0.15, -0.1) is 24.0 Å². The maximum absolute atomic E-state index is 12.9. The van der Waals surface area contributed by atoms with E-state index in [-0.39, 0.29) is 29.8 Å². The van der Waals surface area contributed by atoms with Crippen LogP contribution in [0.5, 0.6) is 0 Å². The van der Waals surface area contributed by atoms with Crippen molar-refractivity contribution in [3.8, 4) is 0 Å². The van der Waals surface area contributed by atoms with Crippen molar-refractivity contribution in [3.05, 3.63) is 35.6 Å². The summed E-state index contributed by atoms with van der Waals surface area (Å²) < 4.78 is 12.9. The first kappa shape index (κ1) is 20.1. The quantitative estimate of drug-likeness (QED) is 0.446. The lowest BCUT2D eigenvalue weighted by molar-refractivity contribution is 0.353. The zero-order chi connectivity index (χ0) is 15.0. The Labute approximate surface area is 144 Å². The van der Waals surface area contributed by atoms with Crippen LogP contribution < -0.4 is 5.32 Å². The molecule has 0 radical (unpaired) electrons. The molecule has 0 atom stereocenters. The molecule has 1 aromatic carbocycles. The van der Waals surface area contributed by atoms with Crippen LogP contribution in [0.1, 0.15) is 12.5 Å². The lowest BCUT2D eigenvalue weighted by Gasteiger charge is -2.23. The van der Waals surface area contributed by atoms with Crippen LogP contribution in [-0.2, 0) is 6.54 Å². The Morgan fingerprint density at radius 1 is 1.24 bits per heavy atom. The fraction of sp³-hybridized carbons (Fsp3) is 0.533. The highest BCUT2D eigenvalue weighted by atomic mass is 127. The SMILES string of the molecule is CCN(C)CCNC(=NC)N(C)Cc1ccc(F)cc1.I. The number of aliphatic imine (C=N–C) groups is 1. The van der Waals surface area contributed by atoms with Gasteiger partial charge in [-0.25, -0.2) is 4.39 Å². The van der Waals surface area contributed by atoms with E-state index in [4.69, 9.17) is 0 Å². The second-order valence-corrected chi connectivity index (χ2v) is 4.85. The predicted octanol–water partition coefficient (Wildman–Crippen LogP) is 2.40. The fourth-order valence-electron chi connectivity index (χ4n) is 1.84. The minimum absolute atomic E-state index is 0. The number of nitrogens with zero attached hydrogens (tertiary/aromatic N) is 3. The topological polar surface area (TPSA) is 30.9 Å². The van der Waals surface area contributed by atoms with E-state index >= 15 is 0 Å². The monoisotopic (exact) mass is 408 g/mol. The molecule has 1 rings (SSSR count). The Morgan fingerprint density at radius 3 is 2.38 bits per heavy atom. The van der Waals surface area contributed by atoms with Gasteiger partial charge in [0.25, 0.3) is 0 Å². The second-order valence-electron chi connectivity index (χ2n) is 4.85. The lowest BCUT2D eigenvalue weighted by Crippen LogP contribution is -2.41. The van der Waals surface area contributed by atoms with E-state index in [1.165, 1.54) is 12.1 Å². The maximum Gasteiger partial charge on any atom is 0.193 e. The van der Waals surface area contributed by atoms with Crippen molar-refractivity contribution < 1.29 is 4.39 Å². The Balaban J connectivity index is 0.00000400. The molecule has 21 heavy (non-hydrogen) atoms. The molecule has 0 aliphatic carbocycles. The molecule has 0 amide bonds. The molecule has 0 saturated carbocycles. The standard InChI is InChI=1S/C15H25FN4.HI/c1-5-19(3)11-10-18-15(17-2)20(4)12-13-6-8-14(16)9-7-13;/h6-9H,5,10-12H2,1-4H3,(H,17,18);1H. The van der Waals surface area contributed by atoms with Gasteiger partial charge in [0.15, 0.2) is 5.96 Å². The minimum Gasteiger partial charge on any atom is -0.355 e. The molecule has 6 heteroatoms. The molecule has 4 nitrogen and oxygen atoms in total. The van der Waals surface area contributed by atoms with Gasteiger partial charge < -0.3 is 15.1 Å². The number of hydrogen-bond acceptors (Lipinski definition) is 2. The first-order chi connectivity index (χ1) is 9.56. The molecule has 0 saturated heterocycles. The molecule has 0 aromatic heterocycles. The van der Waals surface area contributed by atoms with Crippen LogP contribution >= 0.6 is 24.0 Å². The second kappa shape index (κ2) is 10.8. The van der Waals surface area contributed by atoms with Gasteiger partial charge in [-0.3, -0.25) is 4.99 Å². The summed E-state index contributed by atoms with van der Waals surface area (Å²) in [5.41, 5.74) is 1.06. The van der Waals surface area contributed by atoms with Crippen molar-refractivity contribution in [1.82, 2.24) is 15.1 Å². The third kappa shape index (κ3) is 7.61. The van der Waals surface area contributed by atoms with Crippen molar-refractivity contribution in [2.45, 2.75) is 13.5 Å². The van der Waals surface area contributed by atoms with Crippen molar-refractivity contribution in [1.29, 1.82) is 0 Å². The van der Waals surface area contributed by atoms with Gasteiger partial charge in [0, 0.05) is 33.7 Å². The summed E-state index contributed by atoms with van der Waals surface area (Å²) in [7, 11) is 5.84. The third-order valence-electron chi connectivity index (χ3n) is 3.22. The molecular formula is C15H26FIN4. The Morgan fingerprint density at radius 2 is 1.86 bits per heavy atom. The first-order valence-corrected chi connectivity index (χ1v) is 6.91. The maximum atomic E-state index is 12.9. The molecule has 1 N–H and O–H groups in total. The van der Waals surface area contributed by atoms with Gasteiger partial charge in [-0.05, 0) is 31.3 Å². The largest absolute Gasteiger partial charge is 0.355 e. The van der Waals surface area contributed by atoms with E-state index in [9.17, 15) is 4.39 Å². The molecule has 0 unspecified atom stereocenters. The summed E-state index contributed by atoms with van der Waals surface area (Å²) in [5, 5.41) is 3.33. The summed E-state index contributed by atoms with van der Waals surface area (Å²) in [6.07, 6.45) is 0. The number of guanidine groups is 1. The van der Waals surface area contributed by atoms with Crippen LogP contribution in [0, 0.1) is 5.82 Å². The normalized spacial score (nSPS) is 11.2.